The minimum atomic E-state index is 0.815. The maximum Gasteiger partial charge on any atom is -0.0162 e. The minimum Gasteiger partial charge on any atom is -0.0851 e. The smallest absolute Gasteiger partial charge is 0.0162 e. The molecule has 0 N–H and O–H groups in total. The van der Waals surface area contributed by atoms with E-state index in [1.807, 2.05) is 0 Å². The number of rotatable bonds is 9. The van der Waals surface area contributed by atoms with E-state index in [0.717, 1.165) is 35.5 Å². The fourth-order valence-electron chi connectivity index (χ4n) is 7.29. The molecule has 0 nitrogen and oxygen atoms in total. The fourth-order valence-corrected chi connectivity index (χ4v) is 7.29. The molecule has 1 aromatic carbocycles. The molecule has 0 saturated heterocycles. The lowest BCUT2D eigenvalue weighted by atomic mass is 9.70. The number of allylic oxidation sites excluding steroid dienone is 2. The van der Waals surface area contributed by atoms with Crippen molar-refractivity contribution in [3.05, 3.63) is 47.5 Å². The van der Waals surface area contributed by atoms with E-state index in [1.54, 1.807) is 11.1 Å². The molecule has 2 unspecified atom stereocenters. The van der Waals surface area contributed by atoms with Crippen LogP contribution in [0.15, 0.2) is 36.4 Å². The van der Waals surface area contributed by atoms with E-state index in [9.17, 15) is 0 Å². The third-order valence-electron chi connectivity index (χ3n) is 9.48. The molecule has 0 heteroatoms. The van der Waals surface area contributed by atoms with Crippen LogP contribution in [0.25, 0.3) is 0 Å². The van der Waals surface area contributed by atoms with Crippen LogP contribution in [0.3, 0.4) is 0 Å². The molecular formula is C32H50. The Kier molecular flexibility index (Phi) is 9.36. The first kappa shape index (κ1) is 24.1. The summed E-state index contributed by atoms with van der Waals surface area (Å²) in [7, 11) is 0. The summed E-state index contributed by atoms with van der Waals surface area (Å²) >= 11 is 0. The van der Waals surface area contributed by atoms with Crippen LogP contribution in [0.5, 0.6) is 0 Å². The van der Waals surface area contributed by atoms with Gasteiger partial charge in [-0.05, 0) is 117 Å². The van der Waals surface area contributed by atoms with Crippen molar-refractivity contribution in [2.24, 2.45) is 23.7 Å². The molecule has 3 aliphatic carbocycles. The first-order valence-corrected chi connectivity index (χ1v) is 14.5. The Morgan fingerprint density at radius 2 is 1.22 bits per heavy atom. The van der Waals surface area contributed by atoms with Crippen molar-refractivity contribution in [2.45, 2.75) is 128 Å². The summed E-state index contributed by atoms with van der Waals surface area (Å²) in [5.41, 5.74) is 3.26. The van der Waals surface area contributed by atoms with Crippen LogP contribution in [0.2, 0.25) is 0 Å². The van der Waals surface area contributed by atoms with E-state index >= 15 is 0 Å². The minimum absolute atomic E-state index is 0.815. The SMILES string of the molecule is CCCCCC1CCC(c2ccc(C3CCC(C4C=CC(CCC)CC4)CC3)cc2)CC1. The zero-order valence-electron chi connectivity index (χ0n) is 21.2. The summed E-state index contributed by atoms with van der Waals surface area (Å²) in [5, 5.41) is 0. The van der Waals surface area contributed by atoms with Gasteiger partial charge in [-0.3, -0.25) is 0 Å². The van der Waals surface area contributed by atoms with Crippen LogP contribution >= 0.6 is 0 Å². The van der Waals surface area contributed by atoms with Crippen molar-refractivity contribution in [1.82, 2.24) is 0 Å². The van der Waals surface area contributed by atoms with Crippen LogP contribution in [0, 0.1) is 23.7 Å². The highest BCUT2D eigenvalue weighted by molar-refractivity contribution is 5.28. The molecular weight excluding hydrogens is 384 g/mol. The Labute approximate surface area is 199 Å². The average Bonchev–Trinajstić information content (AvgIpc) is 2.86. The predicted molar refractivity (Wildman–Crippen MR) is 140 cm³/mol. The first-order chi connectivity index (χ1) is 15.8. The largest absolute Gasteiger partial charge is 0.0851 e. The molecule has 0 heterocycles. The molecule has 0 radical (unpaired) electrons. The van der Waals surface area contributed by atoms with Crippen LogP contribution in [-0.4, -0.2) is 0 Å². The van der Waals surface area contributed by atoms with Gasteiger partial charge in [0.15, 0.2) is 0 Å². The summed E-state index contributed by atoms with van der Waals surface area (Å²) in [6.07, 6.45) is 28.0. The Morgan fingerprint density at radius 3 is 1.75 bits per heavy atom. The topological polar surface area (TPSA) is 0 Å². The number of hydrogen-bond donors (Lipinski definition) is 0. The molecule has 178 valence electrons. The molecule has 0 bridgehead atoms. The number of unbranched alkanes of at least 4 members (excludes halogenated alkanes) is 2. The van der Waals surface area contributed by atoms with Crippen molar-refractivity contribution < 1.29 is 0 Å². The van der Waals surface area contributed by atoms with Crippen molar-refractivity contribution >= 4 is 0 Å². The van der Waals surface area contributed by atoms with Gasteiger partial charge in [-0.15, -0.1) is 0 Å². The summed E-state index contributed by atoms with van der Waals surface area (Å²) in [5.74, 6) is 5.37. The molecule has 32 heavy (non-hydrogen) atoms. The van der Waals surface area contributed by atoms with Crippen molar-refractivity contribution in [3.8, 4) is 0 Å². The maximum atomic E-state index is 2.61. The third kappa shape index (κ3) is 6.51. The Bertz CT molecular complexity index is 666. The molecule has 0 spiro atoms. The normalized spacial score (nSPS) is 33.3. The van der Waals surface area contributed by atoms with Crippen LogP contribution in [0.1, 0.15) is 140 Å². The van der Waals surface area contributed by atoms with Gasteiger partial charge in [-0.25, -0.2) is 0 Å². The molecule has 2 saturated carbocycles. The summed E-state index contributed by atoms with van der Waals surface area (Å²) in [4.78, 5) is 0. The highest BCUT2D eigenvalue weighted by Gasteiger charge is 2.29. The summed E-state index contributed by atoms with van der Waals surface area (Å²) in [6.45, 7) is 4.65. The van der Waals surface area contributed by atoms with Crippen LogP contribution in [-0.2, 0) is 0 Å². The summed E-state index contributed by atoms with van der Waals surface area (Å²) in [6, 6.07) is 10.0. The molecule has 1 aromatic rings. The lowest BCUT2D eigenvalue weighted by Crippen LogP contribution is -2.22. The standard InChI is InChI=1S/C32H50/c1-3-5-6-8-26-11-15-28(16-12-26)30-19-23-32(24-20-30)31-21-17-29(18-22-31)27-13-9-25(7-4-2)10-14-27/h9,13,19-20,23-29,31H,3-8,10-12,14-18,21-22H2,1-2H3. The molecule has 2 fully saturated rings. The molecule has 3 aliphatic rings. The van der Waals surface area contributed by atoms with E-state index in [0.29, 0.717) is 0 Å². The second-order valence-electron chi connectivity index (χ2n) is 11.7. The van der Waals surface area contributed by atoms with E-state index in [4.69, 9.17) is 0 Å². The Morgan fingerprint density at radius 1 is 0.594 bits per heavy atom. The van der Waals surface area contributed by atoms with E-state index < -0.39 is 0 Å². The molecule has 0 aliphatic heterocycles. The highest BCUT2D eigenvalue weighted by atomic mass is 14.3. The Hall–Kier alpha value is -1.04. The van der Waals surface area contributed by atoms with Gasteiger partial charge in [0, 0.05) is 0 Å². The average molecular weight is 435 g/mol. The maximum absolute atomic E-state index is 2.61. The lowest BCUT2D eigenvalue weighted by Gasteiger charge is -2.35. The van der Waals surface area contributed by atoms with E-state index in [1.165, 1.54) is 103 Å². The van der Waals surface area contributed by atoms with Gasteiger partial charge in [-0.1, -0.05) is 82.4 Å². The quantitative estimate of drug-likeness (QED) is 0.268. The van der Waals surface area contributed by atoms with Gasteiger partial charge in [0.05, 0.1) is 0 Å². The van der Waals surface area contributed by atoms with Crippen molar-refractivity contribution in [1.29, 1.82) is 0 Å². The third-order valence-corrected chi connectivity index (χ3v) is 9.48. The summed E-state index contributed by atoms with van der Waals surface area (Å²) < 4.78 is 0. The van der Waals surface area contributed by atoms with Gasteiger partial charge >= 0.3 is 0 Å². The van der Waals surface area contributed by atoms with Crippen molar-refractivity contribution in [2.75, 3.05) is 0 Å². The monoisotopic (exact) mass is 434 g/mol. The molecule has 2 atom stereocenters. The van der Waals surface area contributed by atoms with Gasteiger partial charge in [-0.2, -0.15) is 0 Å². The second-order valence-corrected chi connectivity index (χ2v) is 11.7. The Balaban J connectivity index is 1.21. The lowest BCUT2D eigenvalue weighted by molar-refractivity contribution is 0.239. The molecule has 4 rings (SSSR count). The van der Waals surface area contributed by atoms with Gasteiger partial charge in [0.1, 0.15) is 0 Å². The molecule has 0 amide bonds. The van der Waals surface area contributed by atoms with Crippen LogP contribution < -0.4 is 0 Å². The van der Waals surface area contributed by atoms with E-state index in [-0.39, 0.29) is 0 Å². The van der Waals surface area contributed by atoms with Crippen LogP contribution in [0.4, 0.5) is 0 Å². The first-order valence-electron chi connectivity index (χ1n) is 14.5. The van der Waals surface area contributed by atoms with Crippen molar-refractivity contribution in [3.63, 3.8) is 0 Å². The second kappa shape index (κ2) is 12.4. The zero-order chi connectivity index (χ0) is 22.2. The number of hydrogen-bond acceptors (Lipinski definition) is 0. The fraction of sp³-hybridized carbons (Fsp3) is 0.750. The predicted octanol–water partition coefficient (Wildman–Crippen LogP) is 10.2. The zero-order valence-corrected chi connectivity index (χ0v) is 21.2. The van der Waals surface area contributed by atoms with E-state index in [2.05, 4.69) is 50.3 Å². The van der Waals surface area contributed by atoms with Gasteiger partial charge < -0.3 is 0 Å². The van der Waals surface area contributed by atoms with Gasteiger partial charge in [0.2, 0.25) is 0 Å². The van der Waals surface area contributed by atoms with Gasteiger partial charge in [0.25, 0.3) is 0 Å². The molecule has 0 aromatic heterocycles. The number of benzene rings is 1. The highest BCUT2D eigenvalue weighted by Crippen LogP contribution is 2.43.